The van der Waals surface area contributed by atoms with Crippen LogP contribution in [0.4, 0.5) is 0 Å². The number of aryl methyl sites for hydroxylation is 1. The first-order chi connectivity index (χ1) is 7.40. The summed E-state index contributed by atoms with van der Waals surface area (Å²) in [5, 5.41) is 0. The monoisotopic (exact) mass is 225 g/mol. The van der Waals surface area contributed by atoms with Gasteiger partial charge in [0.15, 0.2) is 0 Å². The summed E-state index contributed by atoms with van der Waals surface area (Å²) < 4.78 is 10.2. The molecule has 0 aliphatic carbocycles. The zero-order valence-electron chi connectivity index (χ0n) is 10.6. The van der Waals surface area contributed by atoms with E-state index in [1.165, 1.54) is 7.11 Å². The first-order valence-electron chi connectivity index (χ1n) is 5.48. The summed E-state index contributed by atoms with van der Waals surface area (Å²) >= 11 is 0. The van der Waals surface area contributed by atoms with Gasteiger partial charge in [-0.25, -0.2) is 9.78 Å². The lowest BCUT2D eigenvalue weighted by Gasteiger charge is -2.11. The van der Waals surface area contributed by atoms with Crippen molar-refractivity contribution >= 4 is 5.97 Å². The normalized spacial score (nSPS) is 11.6. The van der Waals surface area contributed by atoms with E-state index in [1.807, 2.05) is 27.7 Å². The van der Waals surface area contributed by atoms with Crippen LogP contribution in [0.3, 0.4) is 0 Å². The Balaban J connectivity index is 3.15. The summed E-state index contributed by atoms with van der Waals surface area (Å²) in [5.74, 6) is 0.372. The second-order valence-electron chi connectivity index (χ2n) is 4.79. The molecule has 4 nitrogen and oxygen atoms in total. The minimum absolute atomic E-state index is 0.200. The summed E-state index contributed by atoms with van der Waals surface area (Å²) in [6.45, 7) is 8.02. The van der Waals surface area contributed by atoms with E-state index in [0.29, 0.717) is 11.6 Å². The van der Waals surface area contributed by atoms with Gasteiger partial charge in [0.2, 0.25) is 11.7 Å². The van der Waals surface area contributed by atoms with Crippen LogP contribution in [0.15, 0.2) is 4.42 Å². The average molecular weight is 225 g/mol. The Morgan fingerprint density at radius 1 is 1.44 bits per heavy atom. The molecule has 0 aliphatic heterocycles. The molecule has 0 saturated heterocycles. The number of carbonyl (C=O) groups excluding carboxylic acids is 1. The van der Waals surface area contributed by atoms with Crippen molar-refractivity contribution in [3.8, 4) is 0 Å². The van der Waals surface area contributed by atoms with Gasteiger partial charge in [-0.15, -0.1) is 0 Å². The van der Waals surface area contributed by atoms with Gasteiger partial charge in [-0.2, -0.15) is 0 Å². The minimum Gasteiger partial charge on any atom is -0.463 e. The molecule has 0 N–H and O–H groups in total. The molecule has 0 aromatic carbocycles. The zero-order chi connectivity index (χ0) is 12.3. The number of ether oxygens (including phenoxy) is 1. The van der Waals surface area contributed by atoms with Crippen molar-refractivity contribution in [2.75, 3.05) is 7.11 Å². The standard InChI is InChI=1S/C12H19NO3/c1-6-7-8-9(10(14)15-5)16-11(13-8)12(2,3)4/h6-7H2,1-5H3. The SMILES string of the molecule is CCCc1nc(C(C)(C)C)oc1C(=O)OC. The molecule has 0 amide bonds. The van der Waals surface area contributed by atoms with Gasteiger partial charge in [-0.05, 0) is 6.42 Å². The number of hydrogen-bond acceptors (Lipinski definition) is 4. The molecule has 0 fully saturated rings. The van der Waals surface area contributed by atoms with Crippen molar-refractivity contribution in [2.45, 2.75) is 46.0 Å². The van der Waals surface area contributed by atoms with Crippen molar-refractivity contribution in [2.24, 2.45) is 0 Å². The highest BCUT2D eigenvalue weighted by atomic mass is 16.5. The number of carbonyl (C=O) groups is 1. The molecule has 4 heteroatoms. The second kappa shape index (κ2) is 4.68. The molecule has 0 atom stereocenters. The van der Waals surface area contributed by atoms with Gasteiger partial charge in [-0.1, -0.05) is 34.1 Å². The Bertz CT molecular complexity index is 374. The molecule has 0 unspecified atom stereocenters. The van der Waals surface area contributed by atoms with Crippen LogP contribution in [0.25, 0.3) is 0 Å². The topological polar surface area (TPSA) is 52.3 Å². The summed E-state index contributed by atoms with van der Waals surface area (Å²) in [6, 6.07) is 0. The second-order valence-corrected chi connectivity index (χ2v) is 4.79. The first kappa shape index (κ1) is 12.7. The Morgan fingerprint density at radius 3 is 2.50 bits per heavy atom. The Kier molecular flexibility index (Phi) is 3.73. The van der Waals surface area contributed by atoms with Crippen molar-refractivity contribution in [3.63, 3.8) is 0 Å². The molecule has 90 valence electrons. The molecule has 0 spiro atoms. The minimum atomic E-state index is -0.452. The zero-order valence-corrected chi connectivity index (χ0v) is 10.6. The lowest BCUT2D eigenvalue weighted by atomic mass is 9.97. The largest absolute Gasteiger partial charge is 0.463 e. The van der Waals surface area contributed by atoms with E-state index in [9.17, 15) is 4.79 Å². The molecular formula is C12H19NO3. The Morgan fingerprint density at radius 2 is 2.06 bits per heavy atom. The molecule has 0 aliphatic rings. The van der Waals surface area contributed by atoms with Gasteiger partial charge in [0.1, 0.15) is 0 Å². The van der Waals surface area contributed by atoms with Crippen molar-refractivity contribution < 1.29 is 13.9 Å². The predicted octanol–water partition coefficient (Wildman–Crippen LogP) is 2.71. The lowest BCUT2D eigenvalue weighted by Crippen LogP contribution is -2.11. The summed E-state index contributed by atoms with van der Waals surface area (Å²) in [4.78, 5) is 15.9. The van der Waals surface area contributed by atoms with Crippen LogP contribution >= 0.6 is 0 Å². The number of hydrogen-bond donors (Lipinski definition) is 0. The van der Waals surface area contributed by atoms with Crippen LogP contribution in [-0.2, 0) is 16.6 Å². The highest BCUT2D eigenvalue weighted by Crippen LogP contribution is 2.25. The van der Waals surface area contributed by atoms with Crippen LogP contribution in [0.2, 0.25) is 0 Å². The van der Waals surface area contributed by atoms with E-state index in [1.54, 1.807) is 0 Å². The third-order valence-electron chi connectivity index (χ3n) is 2.20. The van der Waals surface area contributed by atoms with Crippen LogP contribution in [0.1, 0.15) is 56.3 Å². The quantitative estimate of drug-likeness (QED) is 0.742. The average Bonchev–Trinajstić information content (AvgIpc) is 2.61. The maximum atomic E-state index is 11.5. The number of oxazole rings is 1. The van der Waals surface area contributed by atoms with Gasteiger partial charge >= 0.3 is 5.97 Å². The summed E-state index contributed by atoms with van der Waals surface area (Å²) in [6.07, 6.45) is 1.64. The number of rotatable bonds is 3. The molecule has 1 heterocycles. The van der Waals surface area contributed by atoms with E-state index in [0.717, 1.165) is 12.8 Å². The van der Waals surface area contributed by atoms with E-state index >= 15 is 0 Å². The van der Waals surface area contributed by atoms with Crippen LogP contribution < -0.4 is 0 Å². The van der Waals surface area contributed by atoms with E-state index < -0.39 is 5.97 Å². The number of aromatic nitrogens is 1. The highest BCUT2D eigenvalue weighted by molar-refractivity contribution is 5.87. The number of methoxy groups -OCH3 is 1. The summed E-state index contributed by atoms with van der Waals surface area (Å²) in [5.41, 5.74) is 0.494. The van der Waals surface area contributed by atoms with E-state index in [2.05, 4.69) is 9.72 Å². The van der Waals surface area contributed by atoms with E-state index in [-0.39, 0.29) is 11.2 Å². The molecule has 1 aromatic rings. The lowest BCUT2D eigenvalue weighted by molar-refractivity contribution is 0.0559. The van der Waals surface area contributed by atoms with Gasteiger partial charge in [0.25, 0.3) is 0 Å². The van der Waals surface area contributed by atoms with Crippen molar-refractivity contribution in [1.29, 1.82) is 0 Å². The number of nitrogens with zero attached hydrogens (tertiary/aromatic N) is 1. The van der Waals surface area contributed by atoms with Gasteiger partial charge < -0.3 is 9.15 Å². The smallest absolute Gasteiger partial charge is 0.375 e. The molecule has 1 rings (SSSR count). The summed E-state index contributed by atoms with van der Waals surface area (Å²) in [7, 11) is 1.34. The van der Waals surface area contributed by atoms with Crippen molar-refractivity contribution in [1.82, 2.24) is 4.98 Å². The Labute approximate surface area is 96.0 Å². The van der Waals surface area contributed by atoms with Gasteiger partial charge in [0.05, 0.1) is 12.8 Å². The Hall–Kier alpha value is -1.32. The molecule has 1 aromatic heterocycles. The maximum Gasteiger partial charge on any atom is 0.375 e. The molecular weight excluding hydrogens is 206 g/mol. The van der Waals surface area contributed by atoms with Crippen LogP contribution in [0.5, 0.6) is 0 Å². The van der Waals surface area contributed by atoms with Crippen LogP contribution in [-0.4, -0.2) is 18.1 Å². The molecule has 0 radical (unpaired) electrons. The first-order valence-corrected chi connectivity index (χ1v) is 5.48. The van der Waals surface area contributed by atoms with Gasteiger partial charge in [0, 0.05) is 5.41 Å². The fourth-order valence-corrected chi connectivity index (χ4v) is 1.33. The predicted molar refractivity (Wildman–Crippen MR) is 60.5 cm³/mol. The van der Waals surface area contributed by atoms with Crippen molar-refractivity contribution in [3.05, 3.63) is 17.3 Å². The third-order valence-corrected chi connectivity index (χ3v) is 2.20. The maximum absolute atomic E-state index is 11.5. The molecule has 16 heavy (non-hydrogen) atoms. The third kappa shape index (κ3) is 2.62. The van der Waals surface area contributed by atoms with Crippen LogP contribution in [0, 0.1) is 0 Å². The fourth-order valence-electron chi connectivity index (χ4n) is 1.33. The highest BCUT2D eigenvalue weighted by Gasteiger charge is 2.26. The van der Waals surface area contributed by atoms with Gasteiger partial charge in [-0.3, -0.25) is 0 Å². The molecule has 0 saturated carbocycles. The number of esters is 1. The fraction of sp³-hybridized carbons (Fsp3) is 0.667. The molecule has 0 bridgehead atoms. The van der Waals surface area contributed by atoms with E-state index in [4.69, 9.17) is 4.42 Å².